The molecular weight excluding hydrogens is 342 g/mol. The van der Waals surface area contributed by atoms with Crippen LogP contribution in [0, 0.1) is 0 Å². The zero-order valence-electron chi connectivity index (χ0n) is 7.78. The number of halogens is 2. The van der Waals surface area contributed by atoms with Crippen LogP contribution < -0.4 is 0 Å². The molecule has 2 rings (SSSR count). The van der Waals surface area contributed by atoms with Gasteiger partial charge in [0.05, 0.1) is 0 Å². The van der Waals surface area contributed by atoms with E-state index in [9.17, 15) is 4.79 Å². The van der Waals surface area contributed by atoms with Crippen molar-refractivity contribution in [3.63, 3.8) is 0 Å². The van der Waals surface area contributed by atoms with Crippen molar-refractivity contribution in [3.8, 4) is 11.3 Å². The first-order valence-electron chi connectivity index (χ1n) is 4.22. The average Bonchev–Trinajstić information content (AvgIpc) is 2.66. The summed E-state index contributed by atoms with van der Waals surface area (Å²) in [4.78, 5) is 14.5. The molecule has 0 unspecified atom stereocenters. The van der Waals surface area contributed by atoms with E-state index in [1.54, 1.807) is 12.1 Å². The highest BCUT2D eigenvalue weighted by Crippen LogP contribution is 2.32. The lowest BCUT2D eigenvalue weighted by Gasteiger charge is -2.02. The molecule has 0 bridgehead atoms. The first-order valence-corrected chi connectivity index (χ1v) is 5.80. The van der Waals surface area contributed by atoms with Gasteiger partial charge in [-0.25, -0.2) is 9.78 Å². The third-order valence-electron chi connectivity index (χ3n) is 1.95. The fraction of sp³-hybridized carbons (Fsp3) is 0. The minimum Gasteiger partial charge on any atom is -0.476 e. The van der Waals surface area contributed by atoms with Crippen LogP contribution in [0.5, 0.6) is 0 Å². The standard InChI is InChI=1S/C10H5Br2NO3/c11-5-1-2-6(7(12)3-5)9-8(10(14)15)13-4-16-9/h1-4H,(H,14,15). The number of rotatable bonds is 2. The van der Waals surface area contributed by atoms with Crippen molar-refractivity contribution in [1.29, 1.82) is 0 Å². The number of benzene rings is 1. The highest BCUT2D eigenvalue weighted by molar-refractivity contribution is 9.11. The molecule has 0 saturated carbocycles. The number of nitrogens with zero attached hydrogens (tertiary/aromatic N) is 1. The van der Waals surface area contributed by atoms with Crippen LogP contribution in [-0.2, 0) is 0 Å². The molecule has 82 valence electrons. The molecule has 0 fully saturated rings. The van der Waals surface area contributed by atoms with E-state index in [-0.39, 0.29) is 11.5 Å². The number of carboxylic acids is 1. The van der Waals surface area contributed by atoms with Crippen LogP contribution in [0.3, 0.4) is 0 Å². The molecule has 1 aromatic heterocycles. The zero-order valence-corrected chi connectivity index (χ0v) is 10.9. The maximum Gasteiger partial charge on any atom is 0.358 e. The summed E-state index contributed by atoms with van der Waals surface area (Å²) in [5.74, 6) is -0.870. The molecule has 0 atom stereocenters. The second-order valence-electron chi connectivity index (χ2n) is 2.96. The maximum atomic E-state index is 10.9. The minimum absolute atomic E-state index is 0.0944. The Morgan fingerprint density at radius 3 is 2.75 bits per heavy atom. The van der Waals surface area contributed by atoms with Gasteiger partial charge in [0.2, 0.25) is 0 Å². The Labute approximate surface area is 108 Å². The summed E-state index contributed by atoms with van der Waals surface area (Å²) in [6.45, 7) is 0. The van der Waals surface area contributed by atoms with Gasteiger partial charge in [-0.05, 0) is 34.1 Å². The van der Waals surface area contributed by atoms with Gasteiger partial charge in [-0.1, -0.05) is 15.9 Å². The molecular formula is C10H5Br2NO3. The average molecular weight is 347 g/mol. The molecule has 0 saturated heterocycles. The van der Waals surface area contributed by atoms with Gasteiger partial charge in [-0.3, -0.25) is 0 Å². The van der Waals surface area contributed by atoms with Crippen molar-refractivity contribution in [1.82, 2.24) is 4.98 Å². The van der Waals surface area contributed by atoms with Crippen LogP contribution >= 0.6 is 31.9 Å². The Hall–Kier alpha value is -1.14. The summed E-state index contributed by atoms with van der Waals surface area (Å²) in [5, 5.41) is 8.91. The van der Waals surface area contributed by atoms with Crippen LogP contribution in [0.15, 0.2) is 38.0 Å². The molecule has 0 aliphatic carbocycles. The van der Waals surface area contributed by atoms with Crippen LogP contribution in [0.2, 0.25) is 0 Å². The summed E-state index contributed by atoms with van der Waals surface area (Å²) >= 11 is 6.66. The molecule has 2 aromatic rings. The van der Waals surface area contributed by atoms with Gasteiger partial charge >= 0.3 is 5.97 Å². The van der Waals surface area contributed by atoms with E-state index < -0.39 is 5.97 Å². The van der Waals surface area contributed by atoms with Crippen LogP contribution in [0.4, 0.5) is 0 Å². The predicted octanol–water partition coefficient (Wildman–Crippen LogP) is 3.56. The van der Waals surface area contributed by atoms with Crippen LogP contribution in [0.25, 0.3) is 11.3 Å². The largest absolute Gasteiger partial charge is 0.476 e. The quantitative estimate of drug-likeness (QED) is 0.902. The van der Waals surface area contributed by atoms with Crippen LogP contribution in [0.1, 0.15) is 10.5 Å². The van der Waals surface area contributed by atoms with Crippen molar-refractivity contribution < 1.29 is 14.3 Å². The Morgan fingerprint density at radius 2 is 2.12 bits per heavy atom. The molecule has 1 N–H and O–H groups in total. The third-order valence-corrected chi connectivity index (χ3v) is 3.10. The van der Waals surface area contributed by atoms with E-state index in [0.717, 1.165) is 15.3 Å². The van der Waals surface area contributed by atoms with Crippen LogP contribution in [-0.4, -0.2) is 16.1 Å². The molecule has 6 heteroatoms. The molecule has 0 aliphatic heterocycles. The van der Waals surface area contributed by atoms with E-state index in [1.807, 2.05) is 6.07 Å². The van der Waals surface area contributed by atoms with Gasteiger partial charge < -0.3 is 9.52 Å². The topological polar surface area (TPSA) is 63.3 Å². The number of aromatic carboxylic acids is 1. The van der Waals surface area contributed by atoms with Gasteiger partial charge in [0, 0.05) is 14.5 Å². The number of carbonyl (C=O) groups is 1. The smallest absolute Gasteiger partial charge is 0.358 e. The van der Waals surface area contributed by atoms with E-state index in [0.29, 0.717) is 5.56 Å². The Balaban J connectivity index is 2.59. The fourth-order valence-electron chi connectivity index (χ4n) is 1.26. The van der Waals surface area contributed by atoms with Gasteiger partial charge in [0.25, 0.3) is 0 Å². The number of hydrogen-bond donors (Lipinski definition) is 1. The Kier molecular flexibility index (Phi) is 3.11. The molecule has 1 aromatic carbocycles. The van der Waals surface area contributed by atoms with Gasteiger partial charge in [0.15, 0.2) is 17.8 Å². The highest BCUT2D eigenvalue weighted by atomic mass is 79.9. The lowest BCUT2D eigenvalue weighted by atomic mass is 10.1. The second-order valence-corrected chi connectivity index (χ2v) is 4.73. The molecule has 0 amide bonds. The summed E-state index contributed by atoms with van der Waals surface area (Å²) < 4.78 is 6.72. The van der Waals surface area contributed by atoms with E-state index in [1.165, 1.54) is 0 Å². The minimum atomic E-state index is -1.11. The van der Waals surface area contributed by atoms with Crippen molar-refractivity contribution in [2.75, 3.05) is 0 Å². The first-order chi connectivity index (χ1) is 7.59. The predicted molar refractivity (Wildman–Crippen MR) is 64.3 cm³/mol. The normalized spacial score (nSPS) is 10.4. The molecule has 0 spiro atoms. The molecule has 16 heavy (non-hydrogen) atoms. The van der Waals surface area contributed by atoms with E-state index in [4.69, 9.17) is 9.52 Å². The zero-order chi connectivity index (χ0) is 11.7. The lowest BCUT2D eigenvalue weighted by molar-refractivity contribution is 0.0691. The Morgan fingerprint density at radius 1 is 1.38 bits per heavy atom. The van der Waals surface area contributed by atoms with Crippen molar-refractivity contribution in [2.45, 2.75) is 0 Å². The van der Waals surface area contributed by atoms with E-state index >= 15 is 0 Å². The number of aromatic nitrogens is 1. The summed E-state index contributed by atoms with van der Waals surface area (Å²) in [6, 6.07) is 5.36. The third kappa shape index (κ3) is 2.03. The SMILES string of the molecule is O=C(O)c1ncoc1-c1ccc(Br)cc1Br. The monoisotopic (exact) mass is 345 g/mol. The number of oxazole rings is 1. The van der Waals surface area contributed by atoms with Crippen molar-refractivity contribution in [3.05, 3.63) is 39.2 Å². The van der Waals surface area contributed by atoms with Crippen molar-refractivity contribution in [2.24, 2.45) is 0 Å². The summed E-state index contributed by atoms with van der Waals surface area (Å²) in [6.07, 6.45) is 1.12. The molecule has 0 radical (unpaired) electrons. The summed E-state index contributed by atoms with van der Waals surface area (Å²) in [7, 11) is 0. The number of hydrogen-bond acceptors (Lipinski definition) is 3. The van der Waals surface area contributed by atoms with Crippen molar-refractivity contribution >= 4 is 37.8 Å². The lowest BCUT2D eigenvalue weighted by Crippen LogP contribution is -1.98. The molecule has 1 heterocycles. The second kappa shape index (κ2) is 4.39. The molecule has 0 aliphatic rings. The Bertz CT molecular complexity index is 551. The first kappa shape index (κ1) is 11.3. The maximum absolute atomic E-state index is 10.9. The summed E-state index contributed by atoms with van der Waals surface area (Å²) in [5.41, 5.74) is 0.557. The molecule has 4 nitrogen and oxygen atoms in total. The van der Waals surface area contributed by atoms with Gasteiger partial charge in [-0.15, -0.1) is 0 Å². The number of carboxylic acid groups (broad SMARTS) is 1. The van der Waals surface area contributed by atoms with E-state index in [2.05, 4.69) is 36.8 Å². The fourth-order valence-corrected chi connectivity index (χ4v) is 2.49. The van der Waals surface area contributed by atoms with Gasteiger partial charge in [-0.2, -0.15) is 0 Å². The highest BCUT2D eigenvalue weighted by Gasteiger charge is 2.18. The van der Waals surface area contributed by atoms with Gasteiger partial charge in [0.1, 0.15) is 0 Å².